The number of likely N-dealkylation sites (tertiary alicyclic amines) is 1. The standard InChI is InChI=1S/C18H29N3O/c1-3-4-17-12-21(13-18(17)20-14(2)22)11-16-7-5-15(6-8-16)9-10-19/h5-8,17-18H,3-4,9-13,19H2,1-2H3,(H,20,22)/t17-,18-/m1/s1. The van der Waals surface area contributed by atoms with Crippen LogP contribution < -0.4 is 11.1 Å². The van der Waals surface area contributed by atoms with Crippen LogP contribution in [0.2, 0.25) is 0 Å². The second-order valence-electron chi connectivity index (χ2n) is 6.41. The lowest BCUT2D eigenvalue weighted by atomic mass is 9.98. The molecule has 2 atom stereocenters. The van der Waals surface area contributed by atoms with Gasteiger partial charge in [-0.05, 0) is 36.4 Å². The first kappa shape index (κ1) is 17.0. The van der Waals surface area contributed by atoms with Gasteiger partial charge in [-0.2, -0.15) is 0 Å². The molecule has 1 aliphatic rings. The summed E-state index contributed by atoms with van der Waals surface area (Å²) in [5, 5.41) is 3.12. The number of hydrogen-bond donors (Lipinski definition) is 2. The van der Waals surface area contributed by atoms with Crippen LogP contribution >= 0.6 is 0 Å². The molecule has 0 aliphatic carbocycles. The van der Waals surface area contributed by atoms with Gasteiger partial charge in [-0.1, -0.05) is 37.6 Å². The Hall–Kier alpha value is -1.39. The topological polar surface area (TPSA) is 58.4 Å². The minimum absolute atomic E-state index is 0.0825. The normalized spacial score (nSPS) is 22.0. The third-order valence-corrected chi connectivity index (χ3v) is 4.43. The summed E-state index contributed by atoms with van der Waals surface area (Å²) in [6.07, 6.45) is 3.28. The SMILES string of the molecule is CCC[C@@H]1CN(Cc2ccc(CCN)cc2)C[C@H]1NC(C)=O. The van der Waals surface area contributed by atoms with Crippen LogP contribution in [0.15, 0.2) is 24.3 Å². The smallest absolute Gasteiger partial charge is 0.217 e. The first-order chi connectivity index (χ1) is 10.6. The van der Waals surface area contributed by atoms with Crippen LogP contribution in [0.25, 0.3) is 0 Å². The summed E-state index contributed by atoms with van der Waals surface area (Å²) >= 11 is 0. The van der Waals surface area contributed by atoms with Gasteiger partial charge in [0.05, 0.1) is 0 Å². The number of benzene rings is 1. The molecule has 0 bridgehead atoms. The van der Waals surface area contributed by atoms with Crippen LogP contribution in [-0.2, 0) is 17.8 Å². The molecule has 1 heterocycles. The predicted molar refractivity (Wildman–Crippen MR) is 90.5 cm³/mol. The molecule has 0 spiro atoms. The van der Waals surface area contributed by atoms with Gasteiger partial charge in [-0.15, -0.1) is 0 Å². The van der Waals surface area contributed by atoms with Crippen molar-refractivity contribution in [1.82, 2.24) is 10.2 Å². The van der Waals surface area contributed by atoms with E-state index in [1.165, 1.54) is 24.0 Å². The molecule has 1 amide bonds. The van der Waals surface area contributed by atoms with Crippen molar-refractivity contribution in [2.45, 2.75) is 45.7 Å². The number of nitrogens with two attached hydrogens (primary N) is 1. The highest BCUT2D eigenvalue weighted by Gasteiger charge is 2.32. The molecule has 0 aromatic heterocycles. The second kappa shape index (κ2) is 8.30. The lowest BCUT2D eigenvalue weighted by Gasteiger charge is -2.18. The molecular weight excluding hydrogens is 274 g/mol. The minimum atomic E-state index is 0.0825. The average Bonchev–Trinajstić information content (AvgIpc) is 2.83. The van der Waals surface area contributed by atoms with Gasteiger partial charge < -0.3 is 11.1 Å². The lowest BCUT2D eigenvalue weighted by molar-refractivity contribution is -0.119. The van der Waals surface area contributed by atoms with Crippen molar-refractivity contribution in [3.63, 3.8) is 0 Å². The Kier molecular flexibility index (Phi) is 6.40. The van der Waals surface area contributed by atoms with Crippen LogP contribution in [0.4, 0.5) is 0 Å². The van der Waals surface area contributed by atoms with Crippen LogP contribution in [0, 0.1) is 5.92 Å². The van der Waals surface area contributed by atoms with Crippen molar-refractivity contribution in [2.75, 3.05) is 19.6 Å². The van der Waals surface area contributed by atoms with Gasteiger partial charge in [0, 0.05) is 32.6 Å². The molecule has 1 saturated heterocycles. The van der Waals surface area contributed by atoms with Gasteiger partial charge in [0.1, 0.15) is 0 Å². The molecule has 3 N–H and O–H groups in total. The van der Waals surface area contributed by atoms with Gasteiger partial charge in [0.2, 0.25) is 5.91 Å². The molecule has 4 nitrogen and oxygen atoms in total. The molecule has 1 fully saturated rings. The molecule has 22 heavy (non-hydrogen) atoms. The van der Waals surface area contributed by atoms with Gasteiger partial charge >= 0.3 is 0 Å². The van der Waals surface area contributed by atoms with Crippen molar-refractivity contribution in [3.8, 4) is 0 Å². The second-order valence-corrected chi connectivity index (χ2v) is 6.41. The highest BCUT2D eigenvalue weighted by atomic mass is 16.1. The summed E-state index contributed by atoms with van der Waals surface area (Å²) < 4.78 is 0. The third-order valence-electron chi connectivity index (χ3n) is 4.43. The Morgan fingerprint density at radius 2 is 1.95 bits per heavy atom. The van der Waals surface area contributed by atoms with E-state index in [-0.39, 0.29) is 5.91 Å². The molecular formula is C18H29N3O. The van der Waals surface area contributed by atoms with Gasteiger partial charge in [0.15, 0.2) is 0 Å². The number of carbonyl (C=O) groups is 1. The zero-order chi connectivity index (χ0) is 15.9. The number of carbonyl (C=O) groups excluding carboxylic acids is 1. The Balaban J connectivity index is 1.93. The van der Waals surface area contributed by atoms with Crippen LogP contribution in [0.1, 0.15) is 37.8 Å². The monoisotopic (exact) mass is 303 g/mol. The molecule has 1 aliphatic heterocycles. The Morgan fingerprint density at radius 1 is 1.27 bits per heavy atom. The largest absolute Gasteiger partial charge is 0.352 e. The fraction of sp³-hybridized carbons (Fsp3) is 0.611. The van der Waals surface area contributed by atoms with Gasteiger partial charge in [-0.25, -0.2) is 0 Å². The molecule has 122 valence electrons. The highest BCUT2D eigenvalue weighted by Crippen LogP contribution is 2.23. The van der Waals surface area contributed by atoms with E-state index in [1.807, 2.05) is 0 Å². The molecule has 2 rings (SSSR count). The van der Waals surface area contributed by atoms with Crippen molar-refractivity contribution < 1.29 is 4.79 Å². The van der Waals surface area contributed by atoms with Crippen LogP contribution in [0.5, 0.6) is 0 Å². The summed E-state index contributed by atoms with van der Waals surface area (Å²) in [5.74, 6) is 0.657. The number of nitrogens with zero attached hydrogens (tertiary/aromatic N) is 1. The molecule has 4 heteroatoms. The van der Waals surface area contributed by atoms with E-state index >= 15 is 0 Å². The van der Waals surface area contributed by atoms with Crippen molar-refractivity contribution in [1.29, 1.82) is 0 Å². The van der Waals surface area contributed by atoms with Crippen LogP contribution in [0.3, 0.4) is 0 Å². The fourth-order valence-electron chi connectivity index (χ4n) is 3.41. The zero-order valence-electron chi connectivity index (χ0n) is 13.8. The number of rotatable bonds is 7. The zero-order valence-corrected chi connectivity index (χ0v) is 13.8. The molecule has 0 saturated carbocycles. The maximum atomic E-state index is 11.4. The van der Waals surface area contributed by atoms with Crippen molar-refractivity contribution >= 4 is 5.91 Å². The van der Waals surface area contributed by atoms with Crippen LogP contribution in [-0.4, -0.2) is 36.5 Å². The Labute approximate surface area is 134 Å². The fourth-order valence-corrected chi connectivity index (χ4v) is 3.41. The average molecular weight is 303 g/mol. The van der Waals surface area contributed by atoms with Crippen molar-refractivity contribution in [3.05, 3.63) is 35.4 Å². The maximum Gasteiger partial charge on any atom is 0.217 e. The minimum Gasteiger partial charge on any atom is -0.352 e. The highest BCUT2D eigenvalue weighted by molar-refractivity contribution is 5.73. The first-order valence-corrected chi connectivity index (χ1v) is 8.39. The maximum absolute atomic E-state index is 11.4. The summed E-state index contributed by atoms with van der Waals surface area (Å²) in [5.41, 5.74) is 8.22. The lowest BCUT2D eigenvalue weighted by Crippen LogP contribution is -2.39. The number of amides is 1. The summed E-state index contributed by atoms with van der Waals surface area (Å²) in [4.78, 5) is 13.8. The van der Waals surface area contributed by atoms with E-state index in [0.717, 1.165) is 26.1 Å². The Morgan fingerprint density at radius 3 is 2.55 bits per heavy atom. The van der Waals surface area contributed by atoms with E-state index in [0.29, 0.717) is 18.5 Å². The first-order valence-electron chi connectivity index (χ1n) is 8.39. The molecule has 0 radical (unpaired) electrons. The molecule has 0 unspecified atom stereocenters. The van der Waals surface area contributed by atoms with E-state index in [1.54, 1.807) is 6.92 Å². The number of nitrogens with one attached hydrogen (secondary N) is 1. The predicted octanol–water partition coefficient (Wildman–Crippen LogP) is 1.92. The van der Waals surface area contributed by atoms with Gasteiger partial charge in [-0.3, -0.25) is 9.69 Å². The summed E-state index contributed by atoms with van der Waals surface area (Å²) in [6, 6.07) is 9.05. The van der Waals surface area contributed by atoms with E-state index in [9.17, 15) is 4.79 Å². The summed E-state index contributed by atoms with van der Waals surface area (Å²) in [7, 11) is 0. The summed E-state index contributed by atoms with van der Waals surface area (Å²) in [6.45, 7) is 7.51. The number of hydrogen-bond acceptors (Lipinski definition) is 3. The van der Waals surface area contributed by atoms with E-state index in [4.69, 9.17) is 5.73 Å². The molecule has 1 aromatic rings. The van der Waals surface area contributed by atoms with E-state index in [2.05, 4.69) is 41.4 Å². The van der Waals surface area contributed by atoms with E-state index < -0.39 is 0 Å². The Bertz CT molecular complexity index is 472. The third kappa shape index (κ3) is 4.82. The quantitative estimate of drug-likeness (QED) is 0.809. The van der Waals surface area contributed by atoms with Gasteiger partial charge in [0.25, 0.3) is 0 Å². The molecule has 1 aromatic carbocycles. The van der Waals surface area contributed by atoms with Crippen molar-refractivity contribution in [2.24, 2.45) is 11.7 Å².